The number of nitrogens with zero attached hydrogens (tertiary/aromatic N) is 3. The third-order valence-corrected chi connectivity index (χ3v) is 3.58. The maximum atomic E-state index is 4.41. The van der Waals surface area contributed by atoms with Gasteiger partial charge in [-0.05, 0) is 56.4 Å². The molecule has 3 rings (SSSR count). The molecule has 0 unspecified atom stereocenters. The van der Waals surface area contributed by atoms with Crippen LogP contribution in [0.5, 0.6) is 0 Å². The van der Waals surface area contributed by atoms with Gasteiger partial charge in [0.05, 0.1) is 11.2 Å². The molecule has 1 N–H and O–H groups in total. The van der Waals surface area contributed by atoms with Crippen LogP contribution in [0.25, 0.3) is 11.0 Å². The normalized spacial score (nSPS) is 11.0. The van der Waals surface area contributed by atoms with Crippen LogP contribution in [0.4, 0.5) is 11.4 Å². The van der Waals surface area contributed by atoms with Crippen LogP contribution in [-0.4, -0.2) is 35.5 Å². The van der Waals surface area contributed by atoms with Gasteiger partial charge in [-0.3, -0.25) is 9.97 Å². The molecule has 4 nitrogen and oxygen atoms in total. The Kier molecular flexibility index (Phi) is 4.30. The molecule has 22 heavy (non-hydrogen) atoms. The van der Waals surface area contributed by atoms with Gasteiger partial charge in [0.2, 0.25) is 0 Å². The first-order chi connectivity index (χ1) is 10.7. The van der Waals surface area contributed by atoms with Gasteiger partial charge in [-0.2, -0.15) is 0 Å². The zero-order valence-corrected chi connectivity index (χ0v) is 13.0. The van der Waals surface area contributed by atoms with Crippen LogP contribution < -0.4 is 5.32 Å². The Morgan fingerprint density at radius 3 is 2.55 bits per heavy atom. The maximum Gasteiger partial charge on any atom is 0.112 e. The van der Waals surface area contributed by atoms with Crippen molar-refractivity contribution < 1.29 is 0 Å². The second-order valence-corrected chi connectivity index (χ2v) is 5.60. The van der Waals surface area contributed by atoms with Gasteiger partial charge in [-0.15, -0.1) is 0 Å². The molecule has 0 atom stereocenters. The number of aromatic nitrogens is 2. The third kappa shape index (κ3) is 3.40. The van der Waals surface area contributed by atoms with E-state index in [-0.39, 0.29) is 0 Å². The van der Waals surface area contributed by atoms with Gasteiger partial charge in [-0.1, -0.05) is 12.1 Å². The Balaban J connectivity index is 1.77. The molecule has 2 aromatic heterocycles. The zero-order valence-electron chi connectivity index (χ0n) is 13.0. The highest BCUT2D eigenvalue weighted by Gasteiger charge is 2.03. The van der Waals surface area contributed by atoms with Crippen LogP contribution in [0.2, 0.25) is 0 Å². The second-order valence-electron chi connectivity index (χ2n) is 5.60. The number of hydrogen-bond donors (Lipinski definition) is 1. The smallest absolute Gasteiger partial charge is 0.112 e. The van der Waals surface area contributed by atoms with Crippen molar-refractivity contribution in [1.29, 1.82) is 0 Å². The topological polar surface area (TPSA) is 41.0 Å². The van der Waals surface area contributed by atoms with Crippen LogP contribution in [0, 0.1) is 0 Å². The van der Waals surface area contributed by atoms with Crippen LogP contribution >= 0.6 is 0 Å². The lowest BCUT2D eigenvalue weighted by atomic mass is 10.1. The largest absolute Gasteiger partial charge is 0.354 e. The highest BCUT2D eigenvalue weighted by molar-refractivity contribution is 5.89. The number of fused-ring (bicyclic) bond motifs is 1. The number of hydrogen-bond acceptors (Lipinski definition) is 4. The van der Waals surface area contributed by atoms with Crippen LogP contribution in [0.15, 0.2) is 54.9 Å². The Labute approximate surface area is 130 Å². The molecule has 0 aliphatic heterocycles. The van der Waals surface area contributed by atoms with E-state index >= 15 is 0 Å². The number of anilines is 2. The Morgan fingerprint density at radius 2 is 1.77 bits per heavy atom. The molecule has 0 aliphatic rings. The lowest BCUT2D eigenvalue weighted by molar-refractivity contribution is 0.413. The molecule has 0 amide bonds. The van der Waals surface area contributed by atoms with Gasteiger partial charge in [0.25, 0.3) is 0 Å². The van der Waals surface area contributed by atoms with Crippen molar-refractivity contribution in [2.24, 2.45) is 0 Å². The van der Waals surface area contributed by atoms with E-state index in [1.54, 1.807) is 12.4 Å². The molecule has 0 radical (unpaired) electrons. The minimum Gasteiger partial charge on any atom is -0.354 e. The lowest BCUT2D eigenvalue weighted by Gasteiger charge is -2.11. The molecule has 4 heteroatoms. The Bertz CT molecular complexity index is 745. The summed E-state index contributed by atoms with van der Waals surface area (Å²) >= 11 is 0. The van der Waals surface area contributed by atoms with Gasteiger partial charge < -0.3 is 10.2 Å². The summed E-state index contributed by atoms with van der Waals surface area (Å²) in [4.78, 5) is 10.9. The molecule has 0 saturated carbocycles. The first-order valence-corrected chi connectivity index (χ1v) is 7.43. The molecule has 0 fully saturated rings. The number of pyridine rings is 2. The molecule has 3 aromatic rings. The van der Waals surface area contributed by atoms with E-state index in [2.05, 4.69) is 58.5 Å². The van der Waals surface area contributed by atoms with Crippen molar-refractivity contribution in [1.82, 2.24) is 14.9 Å². The summed E-state index contributed by atoms with van der Waals surface area (Å²) in [6, 6.07) is 14.4. The Hall–Kier alpha value is -2.46. The lowest BCUT2D eigenvalue weighted by Crippen LogP contribution is -2.14. The van der Waals surface area contributed by atoms with Crippen LogP contribution in [0.1, 0.15) is 5.56 Å². The minimum absolute atomic E-state index is 0.890. The van der Waals surface area contributed by atoms with E-state index < -0.39 is 0 Å². The SMILES string of the molecule is CN(C)CCc1ccc(Nc2ccnc3cccnc23)cc1. The van der Waals surface area contributed by atoms with Gasteiger partial charge in [-0.25, -0.2) is 0 Å². The zero-order chi connectivity index (χ0) is 15.4. The van der Waals surface area contributed by atoms with E-state index in [0.29, 0.717) is 0 Å². The summed E-state index contributed by atoms with van der Waals surface area (Å²) in [7, 11) is 4.19. The average molecular weight is 292 g/mol. The summed E-state index contributed by atoms with van der Waals surface area (Å²) in [6.45, 7) is 1.06. The standard InChI is InChI=1S/C18H20N4/c1-22(2)13-10-14-5-7-15(8-6-14)21-17-9-12-19-16-4-3-11-20-18(16)17/h3-9,11-12H,10,13H2,1-2H3,(H,19,21). The summed E-state index contributed by atoms with van der Waals surface area (Å²) in [6.07, 6.45) is 4.66. The molecule has 2 heterocycles. The van der Waals surface area contributed by atoms with Gasteiger partial charge >= 0.3 is 0 Å². The molecule has 0 aliphatic carbocycles. The third-order valence-electron chi connectivity index (χ3n) is 3.58. The van der Waals surface area contributed by atoms with Crippen molar-refractivity contribution >= 4 is 22.4 Å². The predicted molar refractivity (Wildman–Crippen MR) is 91.5 cm³/mol. The fourth-order valence-electron chi connectivity index (χ4n) is 2.34. The summed E-state index contributed by atoms with van der Waals surface area (Å²) in [5, 5.41) is 3.43. The highest BCUT2D eigenvalue weighted by Crippen LogP contribution is 2.23. The molecule has 112 valence electrons. The van der Waals surface area contributed by atoms with Crippen molar-refractivity contribution in [2.45, 2.75) is 6.42 Å². The summed E-state index contributed by atoms with van der Waals surface area (Å²) < 4.78 is 0. The average Bonchev–Trinajstić information content (AvgIpc) is 2.54. The number of likely N-dealkylation sites (N-methyl/N-ethyl adjacent to an activating group) is 1. The molecule has 0 bridgehead atoms. The van der Waals surface area contributed by atoms with Gasteiger partial charge in [0.1, 0.15) is 5.52 Å². The van der Waals surface area contributed by atoms with Crippen molar-refractivity contribution in [3.05, 3.63) is 60.4 Å². The minimum atomic E-state index is 0.890. The summed E-state index contributed by atoms with van der Waals surface area (Å²) in [5.74, 6) is 0. The molecule has 0 saturated heterocycles. The maximum absolute atomic E-state index is 4.41. The van der Waals surface area contributed by atoms with Gasteiger partial charge in [0.15, 0.2) is 0 Å². The van der Waals surface area contributed by atoms with E-state index in [9.17, 15) is 0 Å². The Morgan fingerprint density at radius 1 is 0.955 bits per heavy atom. The quantitative estimate of drug-likeness (QED) is 0.781. The van der Waals surface area contributed by atoms with E-state index in [4.69, 9.17) is 0 Å². The van der Waals surface area contributed by atoms with Gasteiger partial charge in [0, 0.05) is 24.6 Å². The van der Waals surface area contributed by atoms with Crippen molar-refractivity contribution in [3.63, 3.8) is 0 Å². The molecular formula is C18H20N4. The number of rotatable bonds is 5. The molecule has 1 aromatic carbocycles. The number of nitrogens with one attached hydrogen (secondary N) is 1. The monoisotopic (exact) mass is 292 g/mol. The van der Waals surface area contributed by atoms with E-state index in [0.717, 1.165) is 35.4 Å². The van der Waals surface area contributed by atoms with Crippen molar-refractivity contribution in [3.8, 4) is 0 Å². The molecule has 0 spiro atoms. The summed E-state index contributed by atoms with van der Waals surface area (Å²) in [5.41, 5.74) is 5.17. The fourth-order valence-corrected chi connectivity index (χ4v) is 2.34. The van der Waals surface area contributed by atoms with E-state index in [1.807, 2.05) is 18.2 Å². The second kappa shape index (κ2) is 6.54. The van der Waals surface area contributed by atoms with Crippen LogP contribution in [0.3, 0.4) is 0 Å². The first-order valence-electron chi connectivity index (χ1n) is 7.43. The predicted octanol–water partition coefficient (Wildman–Crippen LogP) is 3.48. The van der Waals surface area contributed by atoms with E-state index in [1.165, 1.54) is 5.56 Å². The number of benzene rings is 1. The highest BCUT2D eigenvalue weighted by atomic mass is 15.0. The fraction of sp³-hybridized carbons (Fsp3) is 0.222. The molecular weight excluding hydrogens is 272 g/mol. The van der Waals surface area contributed by atoms with Crippen molar-refractivity contribution in [2.75, 3.05) is 26.0 Å². The van der Waals surface area contributed by atoms with Crippen LogP contribution in [-0.2, 0) is 6.42 Å². The first kappa shape index (κ1) is 14.5.